The van der Waals surface area contributed by atoms with E-state index in [4.69, 9.17) is 9.84 Å². The molecule has 0 aromatic heterocycles. The van der Waals surface area contributed by atoms with Crippen LogP contribution in [0, 0.1) is 5.82 Å². The number of benzene rings is 1. The summed E-state index contributed by atoms with van der Waals surface area (Å²) in [5.74, 6) is -0.808. The van der Waals surface area contributed by atoms with Crippen molar-refractivity contribution in [3.8, 4) is 0 Å². The Hall–Kier alpha value is -3.14. The molecule has 0 bridgehead atoms. The first-order valence-corrected chi connectivity index (χ1v) is 9.65. The number of aliphatic hydroxyl groups excluding tert-OH is 1. The average molecular weight is 419 g/mol. The molecule has 0 radical (unpaired) electrons. The lowest BCUT2D eigenvalue weighted by Crippen LogP contribution is -2.40. The third kappa shape index (κ3) is 3.47. The predicted molar refractivity (Wildman–Crippen MR) is 103 cm³/mol. The Morgan fingerprint density at radius 3 is 2.87 bits per heavy atom. The summed E-state index contributed by atoms with van der Waals surface area (Å²) >= 11 is 0. The summed E-state index contributed by atoms with van der Waals surface area (Å²) in [6.45, 7) is 0.274. The van der Waals surface area contributed by atoms with Crippen LogP contribution in [0.2, 0.25) is 0 Å². The number of nitrogens with one attached hydrogen (secondary N) is 1. The molecular formula is C20H22FN3O6. The van der Waals surface area contributed by atoms with Crippen molar-refractivity contribution >= 4 is 29.4 Å². The minimum atomic E-state index is -0.619. The standard InChI is InChI=1S/C20H22FN3O6/c1-29-19(27)22-9-17-16-7-12-6-13(11-2-4-23(5-3-11)18(26)10-25)14(21)8-15(12)24(16)20(28)30-17/h2,6,8,16-17,25H,3-5,7,9-10H2,1H3,(H,22,27)/t16?,17-/m0/s1. The molecule has 3 aliphatic heterocycles. The quantitative estimate of drug-likeness (QED) is 0.755. The monoisotopic (exact) mass is 419 g/mol. The van der Waals surface area contributed by atoms with E-state index >= 15 is 0 Å². The number of amides is 3. The Morgan fingerprint density at radius 1 is 1.40 bits per heavy atom. The van der Waals surface area contributed by atoms with Crippen molar-refractivity contribution in [2.45, 2.75) is 25.0 Å². The van der Waals surface area contributed by atoms with Crippen LogP contribution >= 0.6 is 0 Å². The molecule has 160 valence electrons. The lowest BCUT2D eigenvalue weighted by Gasteiger charge is -2.26. The molecule has 2 N–H and O–H groups in total. The van der Waals surface area contributed by atoms with E-state index in [0.717, 1.165) is 11.1 Å². The highest BCUT2D eigenvalue weighted by molar-refractivity contribution is 5.94. The van der Waals surface area contributed by atoms with E-state index in [1.165, 1.54) is 23.0 Å². The van der Waals surface area contributed by atoms with E-state index in [1.54, 1.807) is 12.1 Å². The molecule has 9 nitrogen and oxygen atoms in total. The Kier molecular flexibility index (Phi) is 5.33. The van der Waals surface area contributed by atoms with Gasteiger partial charge in [-0.25, -0.2) is 14.0 Å². The van der Waals surface area contributed by atoms with E-state index in [1.807, 2.05) is 0 Å². The molecule has 1 saturated heterocycles. The molecule has 4 rings (SSSR count). The summed E-state index contributed by atoms with van der Waals surface area (Å²) in [5, 5.41) is 11.5. The van der Waals surface area contributed by atoms with Crippen LogP contribution in [0.5, 0.6) is 0 Å². The van der Waals surface area contributed by atoms with Crippen molar-refractivity contribution in [1.29, 1.82) is 0 Å². The number of hydrogen-bond acceptors (Lipinski definition) is 6. The highest BCUT2D eigenvalue weighted by atomic mass is 19.1. The van der Waals surface area contributed by atoms with Crippen molar-refractivity contribution in [3.05, 3.63) is 35.2 Å². The number of methoxy groups -OCH3 is 1. The number of rotatable bonds is 4. The summed E-state index contributed by atoms with van der Waals surface area (Å²) in [5.41, 5.74) is 2.53. The largest absolute Gasteiger partial charge is 0.453 e. The van der Waals surface area contributed by atoms with Crippen molar-refractivity contribution < 1.29 is 33.4 Å². The number of cyclic esters (lactones) is 1. The first-order chi connectivity index (χ1) is 14.4. The number of anilines is 1. The van der Waals surface area contributed by atoms with Crippen LogP contribution in [0.15, 0.2) is 18.2 Å². The van der Waals surface area contributed by atoms with Gasteiger partial charge in [-0.3, -0.25) is 9.69 Å². The summed E-state index contributed by atoms with van der Waals surface area (Å²) in [6.07, 6.45) is 0.980. The van der Waals surface area contributed by atoms with Gasteiger partial charge in [-0.05, 0) is 36.1 Å². The molecule has 1 aromatic carbocycles. The molecule has 0 spiro atoms. The van der Waals surface area contributed by atoms with Crippen LogP contribution in [0.3, 0.4) is 0 Å². The van der Waals surface area contributed by atoms with Crippen LogP contribution < -0.4 is 10.2 Å². The topological polar surface area (TPSA) is 108 Å². The predicted octanol–water partition coefficient (Wildman–Crippen LogP) is 1.04. The smallest absolute Gasteiger partial charge is 0.415 e. The zero-order chi connectivity index (χ0) is 21.4. The van der Waals surface area contributed by atoms with Gasteiger partial charge in [0.25, 0.3) is 0 Å². The van der Waals surface area contributed by atoms with E-state index in [2.05, 4.69) is 10.1 Å². The minimum Gasteiger partial charge on any atom is -0.453 e. The van der Waals surface area contributed by atoms with Crippen LogP contribution in [0.4, 0.5) is 19.7 Å². The van der Waals surface area contributed by atoms with Gasteiger partial charge in [0, 0.05) is 18.7 Å². The Bertz CT molecular complexity index is 933. The molecule has 10 heteroatoms. The summed E-state index contributed by atoms with van der Waals surface area (Å²) in [4.78, 5) is 38.2. The first-order valence-electron chi connectivity index (χ1n) is 9.65. The summed E-state index contributed by atoms with van der Waals surface area (Å²) in [6, 6.07) is 2.75. The average Bonchev–Trinajstić information content (AvgIpc) is 3.27. The zero-order valence-corrected chi connectivity index (χ0v) is 16.4. The Labute approximate surface area is 172 Å². The Balaban J connectivity index is 1.54. The molecule has 0 saturated carbocycles. The minimum absolute atomic E-state index is 0.1000. The van der Waals surface area contributed by atoms with E-state index in [0.29, 0.717) is 37.2 Å². The molecular weight excluding hydrogens is 397 g/mol. The number of aliphatic hydroxyl groups is 1. The molecule has 1 fully saturated rings. The molecule has 3 heterocycles. The van der Waals surface area contributed by atoms with Gasteiger partial charge < -0.3 is 24.8 Å². The van der Waals surface area contributed by atoms with Crippen LogP contribution in [-0.2, 0) is 20.7 Å². The van der Waals surface area contributed by atoms with Crippen molar-refractivity contribution in [2.24, 2.45) is 0 Å². The number of halogens is 1. The van der Waals surface area contributed by atoms with Gasteiger partial charge >= 0.3 is 12.2 Å². The SMILES string of the molecule is COC(=O)NC[C@@H]1OC(=O)N2c3cc(F)c(C4=CCN(C(=O)CO)CC4)cc3CC12. The number of alkyl carbamates (subject to hydrolysis) is 1. The highest BCUT2D eigenvalue weighted by Gasteiger charge is 2.48. The second-order valence-electron chi connectivity index (χ2n) is 7.37. The molecule has 1 unspecified atom stereocenters. The third-order valence-corrected chi connectivity index (χ3v) is 5.74. The van der Waals surface area contributed by atoms with Gasteiger partial charge in [0.15, 0.2) is 0 Å². The number of carbonyl (C=O) groups is 3. The number of fused-ring (bicyclic) bond motifs is 3. The molecule has 3 amide bonds. The molecule has 1 aromatic rings. The molecule has 3 aliphatic rings. The number of nitrogens with zero attached hydrogens (tertiary/aromatic N) is 2. The normalized spacial score (nSPS) is 22.2. The van der Waals surface area contributed by atoms with Gasteiger partial charge in [-0.2, -0.15) is 0 Å². The maximum absolute atomic E-state index is 14.9. The second kappa shape index (κ2) is 7.94. The van der Waals surface area contributed by atoms with Gasteiger partial charge in [-0.15, -0.1) is 0 Å². The number of ether oxygens (including phenoxy) is 2. The fourth-order valence-corrected chi connectivity index (χ4v) is 4.21. The fourth-order valence-electron chi connectivity index (χ4n) is 4.21. The maximum atomic E-state index is 14.9. The van der Waals surface area contributed by atoms with E-state index in [-0.39, 0.29) is 18.5 Å². The molecule has 2 atom stereocenters. The maximum Gasteiger partial charge on any atom is 0.415 e. The van der Waals surface area contributed by atoms with Crippen LogP contribution in [-0.4, -0.2) is 73.6 Å². The van der Waals surface area contributed by atoms with Crippen molar-refractivity contribution in [3.63, 3.8) is 0 Å². The lowest BCUT2D eigenvalue weighted by atomic mass is 9.95. The first kappa shape index (κ1) is 20.1. The van der Waals surface area contributed by atoms with Crippen LogP contribution in [0.25, 0.3) is 5.57 Å². The van der Waals surface area contributed by atoms with Crippen molar-refractivity contribution in [1.82, 2.24) is 10.2 Å². The second-order valence-corrected chi connectivity index (χ2v) is 7.37. The lowest BCUT2D eigenvalue weighted by molar-refractivity contribution is -0.133. The van der Waals surface area contributed by atoms with Gasteiger partial charge in [0.2, 0.25) is 5.91 Å². The van der Waals surface area contributed by atoms with E-state index in [9.17, 15) is 18.8 Å². The number of carbonyl (C=O) groups excluding carboxylic acids is 3. The third-order valence-electron chi connectivity index (χ3n) is 5.74. The summed E-state index contributed by atoms with van der Waals surface area (Å²) < 4.78 is 24.8. The van der Waals surface area contributed by atoms with Crippen molar-refractivity contribution in [2.75, 3.05) is 38.3 Å². The molecule has 30 heavy (non-hydrogen) atoms. The van der Waals surface area contributed by atoms with Gasteiger partial charge in [0.1, 0.15) is 18.5 Å². The summed E-state index contributed by atoms with van der Waals surface area (Å²) in [7, 11) is 1.25. The molecule has 0 aliphatic carbocycles. The fraction of sp³-hybridized carbons (Fsp3) is 0.450. The zero-order valence-electron chi connectivity index (χ0n) is 16.4. The van der Waals surface area contributed by atoms with Crippen LogP contribution in [0.1, 0.15) is 17.5 Å². The van der Waals surface area contributed by atoms with E-state index < -0.39 is 30.7 Å². The van der Waals surface area contributed by atoms with Gasteiger partial charge in [-0.1, -0.05) is 6.08 Å². The number of hydrogen-bond donors (Lipinski definition) is 2. The van der Waals surface area contributed by atoms with Gasteiger partial charge in [0.05, 0.1) is 25.4 Å². The Morgan fingerprint density at radius 2 is 2.20 bits per heavy atom. The highest BCUT2D eigenvalue weighted by Crippen LogP contribution is 2.41.